The molecule has 0 spiro atoms. The van der Waals surface area contributed by atoms with Crippen molar-refractivity contribution >= 4 is 52.5 Å². The summed E-state index contributed by atoms with van der Waals surface area (Å²) in [5, 5.41) is 7.22. The van der Waals surface area contributed by atoms with Crippen LogP contribution in [0.15, 0.2) is 87.3 Å². The summed E-state index contributed by atoms with van der Waals surface area (Å²) in [5.74, 6) is 0. The molecule has 32 heavy (non-hydrogen) atoms. The van der Waals surface area contributed by atoms with Gasteiger partial charge in [0, 0.05) is 24.9 Å². The highest BCUT2D eigenvalue weighted by Gasteiger charge is 2.15. The van der Waals surface area contributed by atoms with Gasteiger partial charge in [-0.3, -0.25) is 0 Å². The minimum Gasteiger partial charge on any atom is -0.408 e. The predicted octanol–water partition coefficient (Wildman–Crippen LogP) is 6.41. The Bertz CT molecular complexity index is 1650. The Hall–Kier alpha value is -3.26. The van der Waals surface area contributed by atoms with Gasteiger partial charge in [0.25, 0.3) is 0 Å². The molecule has 6 rings (SSSR count). The molecule has 158 valence electrons. The van der Waals surface area contributed by atoms with E-state index in [9.17, 15) is 0 Å². The molecule has 0 fully saturated rings. The molecule has 5 aromatic rings. The Balaban J connectivity index is 1.91. The fourth-order valence-electron chi connectivity index (χ4n) is 4.78. The summed E-state index contributed by atoms with van der Waals surface area (Å²) in [6.45, 7) is 0. The predicted molar refractivity (Wildman–Crippen MR) is 136 cm³/mol. The van der Waals surface area contributed by atoms with E-state index in [4.69, 9.17) is 8.39 Å². The highest BCUT2D eigenvalue weighted by atomic mass is 31.1. The quantitative estimate of drug-likeness (QED) is 0.319. The van der Waals surface area contributed by atoms with Gasteiger partial charge in [-0.15, -0.1) is 0 Å². The van der Waals surface area contributed by atoms with Crippen LogP contribution in [-0.2, 0) is 0 Å². The molecule has 1 unspecified atom stereocenters. The van der Waals surface area contributed by atoms with E-state index in [1.165, 1.54) is 32.3 Å². The Morgan fingerprint density at radius 1 is 0.750 bits per heavy atom. The zero-order valence-corrected chi connectivity index (χ0v) is 19.1. The topological polar surface area (TPSA) is 29.5 Å². The third kappa shape index (κ3) is 3.09. The van der Waals surface area contributed by atoms with Crippen molar-refractivity contribution in [3.8, 4) is 0 Å². The van der Waals surface area contributed by atoms with Crippen LogP contribution in [0.4, 0.5) is 0 Å². The molecule has 0 amide bonds. The van der Waals surface area contributed by atoms with E-state index in [2.05, 4.69) is 84.9 Å². The molecule has 1 heterocycles. The maximum absolute atomic E-state index is 6.50. The molecule has 0 radical (unpaired) electrons. The summed E-state index contributed by atoms with van der Waals surface area (Å²) < 4.78 is 15.0. The van der Waals surface area contributed by atoms with Crippen LogP contribution in [0.2, 0.25) is 0 Å². The van der Waals surface area contributed by atoms with Gasteiger partial charge in [0.1, 0.15) is 11.2 Å². The van der Waals surface area contributed by atoms with Crippen LogP contribution in [0.5, 0.6) is 0 Å². The molecule has 1 aromatic heterocycles. The van der Waals surface area contributed by atoms with Crippen LogP contribution < -0.4 is 15.1 Å². The summed E-state index contributed by atoms with van der Waals surface area (Å²) in [7, 11) is 2.76. The van der Waals surface area contributed by atoms with Gasteiger partial charge in [-0.05, 0) is 57.3 Å². The highest BCUT2D eigenvalue weighted by molar-refractivity contribution is 7.38. The van der Waals surface area contributed by atoms with Crippen LogP contribution in [-0.4, -0.2) is 14.1 Å². The fourth-order valence-corrected chi connectivity index (χ4v) is 5.78. The lowest BCUT2D eigenvalue weighted by atomic mass is 9.91. The largest absolute Gasteiger partial charge is 0.408 e. The minimum absolute atomic E-state index is 0.885. The second-order valence-electron chi connectivity index (χ2n) is 8.41. The Labute approximate surface area is 187 Å². The Morgan fingerprint density at radius 3 is 2.28 bits per heavy atom. The average Bonchev–Trinajstić information content (AvgIpc) is 3.01. The Morgan fingerprint density at radius 2 is 1.47 bits per heavy atom. The van der Waals surface area contributed by atoms with Gasteiger partial charge in [-0.2, -0.15) is 0 Å². The first-order valence-electron chi connectivity index (χ1n) is 11.0. The first-order valence-corrected chi connectivity index (χ1v) is 12.1. The molecule has 0 aliphatic heterocycles. The SMILES string of the molecule is CN(C)p1oc2ccc3c(c2c2c(ccc4ccccc42)o1)=CCCC=3c1ccccc1. The maximum atomic E-state index is 6.50. The van der Waals surface area contributed by atoms with E-state index in [1.807, 2.05) is 18.8 Å². The zero-order chi connectivity index (χ0) is 21.7. The second-order valence-corrected chi connectivity index (χ2v) is 10.1. The Kier molecular flexibility index (Phi) is 4.68. The lowest BCUT2D eigenvalue weighted by Gasteiger charge is -2.13. The van der Waals surface area contributed by atoms with Crippen molar-refractivity contribution in [3.63, 3.8) is 0 Å². The minimum atomic E-state index is -1.24. The summed E-state index contributed by atoms with van der Waals surface area (Å²) in [4.78, 5) is 0. The van der Waals surface area contributed by atoms with Crippen molar-refractivity contribution in [2.24, 2.45) is 0 Å². The monoisotopic (exact) mass is 437 g/mol. The van der Waals surface area contributed by atoms with Gasteiger partial charge >= 0.3 is 8.16 Å². The van der Waals surface area contributed by atoms with Crippen molar-refractivity contribution < 1.29 is 8.39 Å². The van der Waals surface area contributed by atoms with E-state index in [1.54, 1.807) is 0 Å². The van der Waals surface area contributed by atoms with Gasteiger partial charge < -0.3 is 8.39 Å². The number of rotatable bonds is 2. The van der Waals surface area contributed by atoms with Crippen molar-refractivity contribution in [3.05, 3.63) is 94.9 Å². The number of nitrogens with zero attached hydrogens (tertiary/aromatic N) is 1. The first-order chi connectivity index (χ1) is 15.7. The van der Waals surface area contributed by atoms with Gasteiger partial charge in [-0.25, -0.2) is 4.67 Å². The van der Waals surface area contributed by atoms with Crippen LogP contribution in [0.3, 0.4) is 0 Å². The molecule has 0 saturated heterocycles. The van der Waals surface area contributed by atoms with Crippen LogP contribution in [0, 0.1) is 0 Å². The molecule has 1 atom stereocenters. The molecule has 0 bridgehead atoms. The van der Waals surface area contributed by atoms with Gasteiger partial charge in [0.15, 0.2) is 0 Å². The van der Waals surface area contributed by atoms with Crippen molar-refractivity contribution in [1.29, 1.82) is 0 Å². The molecule has 0 saturated carbocycles. The summed E-state index contributed by atoms with van der Waals surface area (Å²) >= 11 is 0. The first kappa shape index (κ1) is 19.4. The normalized spacial score (nSPS) is 14.1. The third-order valence-electron chi connectivity index (χ3n) is 6.22. The third-order valence-corrected chi connectivity index (χ3v) is 7.58. The zero-order valence-electron chi connectivity index (χ0n) is 18.2. The molecule has 4 heteroatoms. The lowest BCUT2D eigenvalue weighted by Crippen LogP contribution is -2.30. The molecular formula is C28H24NO2P. The van der Waals surface area contributed by atoms with Gasteiger partial charge in [-0.1, -0.05) is 72.8 Å². The highest BCUT2D eigenvalue weighted by Crippen LogP contribution is 2.37. The number of hydrogen-bond acceptors (Lipinski definition) is 3. The van der Waals surface area contributed by atoms with Crippen molar-refractivity contribution in [2.75, 3.05) is 18.8 Å². The van der Waals surface area contributed by atoms with E-state index >= 15 is 0 Å². The van der Waals surface area contributed by atoms with E-state index in [-0.39, 0.29) is 0 Å². The molecule has 3 nitrogen and oxygen atoms in total. The standard InChI is InChI=1S/C28H24NO2P/c1-29(2)32-30-25-17-15-20-11-6-7-12-22(20)27(25)28-24-14-8-13-21(19-9-4-3-5-10-19)23(24)16-18-26(28)31-32/h3-7,9-12,14-18H,8,13H2,1-2H3. The van der Waals surface area contributed by atoms with Crippen LogP contribution in [0.25, 0.3) is 44.4 Å². The molecule has 4 aromatic carbocycles. The van der Waals surface area contributed by atoms with Crippen molar-refractivity contribution in [2.45, 2.75) is 12.8 Å². The second kappa shape index (κ2) is 7.70. The maximum Gasteiger partial charge on any atom is 0.309 e. The summed E-state index contributed by atoms with van der Waals surface area (Å²) in [6, 6.07) is 27.9. The van der Waals surface area contributed by atoms with Gasteiger partial charge in [0.05, 0.1) is 0 Å². The van der Waals surface area contributed by atoms with E-state index in [0.717, 1.165) is 34.8 Å². The van der Waals surface area contributed by atoms with Crippen molar-refractivity contribution in [1.82, 2.24) is 0 Å². The number of benzene rings is 4. The lowest BCUT2D eigenvalue weighted by molar-refractivity contribution is 0.634. The average molecular weight is 437 g/mol. The molecular weight excluding hydrogens is 413 g/mol. The summed E-state index contributed by atoms with van der Waals surface area (Å²) in [5.41, 5.74) is 4.47. The van der Waals surface area contributed by atoms with Crippen LogP contribution in [0.1, 0.15) is 18.4 Å². The smallest absolute Gasteiger partial charge is 0.309 e. The van der Waals surface area contributed by atoms with Crippen LogP contribution >= 0.6 is 8.16 Å². The number of hydrogen-bond donors (Lipinski definition) is 0. The molecule has 1 aliphatic rings. The van der Waals surface area contributed by atoms with Gasteiger partial charge in [0.2, 0.25) is 0 Å². The van der Waals surface area contributed by atoms with E-state index < -0.39 is 8.16 Å². The fraction of sp³-hybridized carbons (Fsp3) is 0.143. The summed E-state index contributed by atoms with van der Waals surface area (Å²) in [6.07, 6.45) is 4.43. The molecule has 1 aliphatic carbocycles. The number of fused-ring (bicyclic) bond motifs is 7. The van der Waals surface area contributed by atoms with E-state index in [0.29, 0.717) is 0 Å². The molecule has 0 N–H and O–H groups in total.